The monoisotopic (exact) mass is 472 g/mol. The summed E-state index contributed by atoms with van der Waals surface area (Å²) >= 11 is 0. The topological polar surface area (TPSA) is 89.1 Å². The first kappa shape index (κ1) is 22.7. The van der Waals surface area contributed by atoms with Crippen LogP contribution in [0.15, 0.2) is 71.9 Å². The van der Waals surface area contributed by atoms with Crippen molar-refractivity contribution >= 4 is 17.2 Å². The van der Waals surface area contributed by atoms with Crippen LogP contribution in [0.4, 0.5) is 11.4 Å². The lowest BCUT2D eigenvalue weighted by Crippen LogP contribution is -2.27. The van der Waals surface area contributed by atoms with Crippen LogP contribution in [0.2, 0.25) is 0 Å². The Bertz CT molecular complexity index is 1290. The Morgan fingerprint density at radius 3 is 2.23 bits per heavy atom. The van der Waals surface area contributed by atoms with Crippen LogP contribution in [0.3, 0.4) is 0 Å². The van der Waals surface area contributed by atoms with E-state index in [-0.39, 0.29) is 28.9 Å². The number of rotatable bonds is 5. The number of ether oxygens (including phenoxy) is 3. The van der Waals surface area contributed by atoms with E-state index in [9.17, 15) is 9.90 Å². The number of phenolic OH excluding ortho intramolecular Hbond substituents is 1. The van der Waals surface area contributed by atoms with E-state index in [2.05, 4.69) is 10.6 Å². The summed E-state index contributed by atoms with van der Waals surface area (Å²) < 4.78 is 16.2. The standard InChI is InChI=1S/C28H28N2O5/c1-33-19-8-6-7-16(11-19)17-12-22-26(23(31)13-17)27(30-21-10-5-4-9-20(21)29-22)18-14-24(34-2)28(32)25(15-18)35-3/h4-11,14-15,17,27,29-30,32H,12-13H2,1-3H3. The molecule has 1 aliphatic carbocycles. The van der Waals surface area contributed by atoms with Gasteiger partial charge in [-0.1, -0.05) is 24.3 Å². The number of Topliss-reactive ketones (excluding diaryl/α,β-unsaturated/α-hetero) is 1. The van der Waals surface area contributed by atoms with Gasteiger partial charge in [0, 0.05) is 17.7 Å². The van der Waals surface area contributed by atoms with Crippen molar-refractivity contribution in [3.8, 4) is 23.0 Å². The molecule has 3 aromatic carbocycles. The van der Waals surface area contributed by atoms with Crippen LogP contribution < -0.4 is 24.8 Å². The van der Waals surface area contributed by atoms with Crippen LogP contribution in [-0.4, -0.2) is 32.2 Å². The number of anilines is 2. The van der Waals surface area contributed by atoms with Gasteiger partial charge in [0.1, 0.15) is 5.75 Å². The van der Waals surface area contributed by atoms with Gasteiger partial charge in [-0.05, 0) is 59.9 Å². The van der Waals surface area contributed by atoms with Crippen molar-refractivity contribution in [2.24, 2.45) is 0 Å². The van der Waals surface area contributed by atoms with Gasteiger partial charge in [-0.3, -0.25) is 4.79 Å². The molecule has 0 saturated carbocycles. The molecule has 1 heterocycles. The summed E-state index contributed by atoms with van der Waals surface area (Å²) in [5.74, 6) is 1.35. The maximum Gasteiger partial charge on any atom is 0.200 e. The Labute approximate surface area is 204 Å². The average Bonchev–Trinajstić information content (AvgIpc) is 3.06. The van der Waals surface area contributed by atoms with Gasteiger partial charge in [-0.2, -0.15) is 0 Å². The third-order valence-electron chi connectivity index (χ3n) is 6.71. The molecule has 180 valence electrons. The lowest BCUT2D eigenvalue weighted by atomic mass is 9.78. The lowest BCUT2D eigenvalue weighted by Gasteiger charge is -2.30. The van der Waals surface area contributed by atoms with Crippen LogP contribution in [0.25, 0.3) is 0 Å². The number of nitrogens with one attached hydrogen (secondary N) is 2. The quantitative estimate of drug-likeness (QED) is 0.458. The van der Waals surface area contributed by atoms with Gasteiger partial charge < -0.3 is 30.0 Å². The van der Waals surface area contributed by atoms with Gasteiger partial charge in [0.05, 0.1) is 38.7 Å². The first-order valence-electron chi connectivity index (χ1n) is 11.5. The maximum absolute atomic E-state index is 13.7. The number of aromatic hydroxyl groups is 1. The van der Waals surface area contributed by atoms with Crippen molar-refractivity contribution in [1.82, 2.24) is 0 Å². The predicted molar refractivity (Wildman–Crippen MR) is 135 cm³/mol. The molecule has 7 nitrogen and oxygen atoms in total. The van der Waals surface area contributed by atoms with E-state index >= 15 is 0 Å². The molecule has 5 rings (SSSR count). The summed E-state index contributed by atoms with van der Waals surface area (Å²) in [7, 11) is 4.63. The van der Waals surface area contributed by atoms with Gasteiger partial charge in [0.15, 0.2) is 17.3 Å². The molecule has 3 aromatic rings. The number of benzene rings is 3. The summed E-state index contributed by atoms with van der Waals surface area (Å²) in [6, 6.07) is 18.8. The Balaban J connectivity index is 1.63. The van der Waals surface area contributed by atoms with E-state index in [1.54, 1.807) is 19.2 Å². The molecular formula is C28H28N2O5. The number of ketones is 1. The zero-order valence-corrected chi connectivity index (χ0v) is 19.9. The van der Waals surface area contributed by atoms with E-state index in [1.807, 2.05) is 48.5 Å². The molecule has 1 aliphatic heterocycles. The highest BCUT2D eigenvalue weighted by Gasteiger charge is 2.36. The SMILES string of the molecule is COc1cccc(C2CC(=O)C3=C(C2)Nc2ccccc2NC3c2cc(OC)c(O)c(OC)c2)c1. The highest BCUT2D eigenvalue weighted by atomic mass is 16.5. The molecule has 2 unspecified atom stereocenters. The van der Waals surface area contributed by atoms with Crippen molar-refractivity contribution in [2.45, 2.75) is 24.8 Å². The highest BCUT2D eigenvalue weighted by molar-refractivity contribution is 6.01. The summed E-state index contributed by atoms with van der Waals surface area (Å²) in [6.07, 6.45) is 1.06. The van der Waals surface area contributed by atoms with Crippen molar-refractivity contribution in [1.29, 1.82) is 0 Å². The second-order valence-electron chi connectivity index (χ2n) is 8.72. The van der Waals surface area contributed by atoms with E-state index < -0.39 is 6.04 Å². The number of hydrogen-bond donors (Lipinski definition) is 3. The Morgan fingerprint density at radius 1 is 0.829 bits per heavy atom. The number of para-hydroxylation sites is 2. The van der Waals surface area contributed by atoms with Gasteiger partial charge in [0.2, 0.25) is 5.75 Å². The number of methoxy groups -OCH3 is 3. The zero-order valence-electron chi connectivity index (χ0n) is 19.9. The molecule has 3 N–H and O–H groups in total. The number of allylic oxidation sites excluding steroid dienone is 1. The fourth-order valence-corrected chi connectivity index (χ4v) is 4.95. The first-order chi connectivity index (χ1) is 17.0. The molecular weight excluding hydrogens is 444 g/mol. The molecule has 0 radical (unpaired) electrons. The third-order valence-corrected chi connectivity index (χ3v) is 6.71. The van der Waals surface area contributed by atoms with Gasteiger partial charge in [0.25, 0.3) is 0 Å². The number of carbonyl (C=O) groups is 1. The third kappa shape index (κ3) is 4.14. The summed E-state index contributed by atoms with van der Waals surface area (Å²) in [6.45, 7) is 0. The number of hydrogen-bond acceptors (Lipinski definition) is 7. The van der Waals surface area contributed by atoms with Gasteiger partial charge in [-0.25, -0.2) is 0 Å². The maximum atomic E-state index is 13.7. The molecule has 7 heteroatoms. The normalized spacial score (nSPS) is 19.0. The van der Waals surface area contributed by atoms with E-state index in [4.69, 9.17) is 14.2 Å². The summed E-state index contributed by atoms with van der Waals surface area (Å²) in [5, 5.41) is 17.5. The molecule has 0 fully saturated rings. The van der Waals surface area contributed by atoms with Crippen LogP contribution >= 0.6 is 0 Å². The fraction of sp³-hybridized carbons (Fsp3) is 0.250. The van der Waals surface area contributed by atoms with Crippen LogP contribution in [0.5, 0.6) is 23.0 Å². The summed E-state index contributed by atoms with van der Waals surface area (Å²) in [4.78, 5) is 13.7. The second-order valence-corrected chi connectivity index (χ2v) is 8.72. The Hall–Kier alpha value is -4.13. The average molecular weight is 473 g/mol. The Morgan fingerprint density at radius 2 is 1.54 bits per heavy atom. The van der Waals surface area contributed by atoms with E-state index in [1.165, 1.54) is 14.2 Å². The molecule has 2 aliphatic rings. The fourth-order valence-electron chi connectivity index (χ4n) is 4.95. The highest BCUT2D eigenvalue weighted by Crippen LogP contribution is 2.47. The van der Waals surface area contributed by atoms with Crippen LogP contribution in [0.1, 0.15) is 35.9 Å². The van der Waals surface area contributed by atoms with E-state index in [0.29, 0.717) is 18.4 Å². The van der Waals surface area contributed by atoms with Crippen molar-refractivity contribution < 1.29 is 24.1 Å². The lowest BCUT2D eigenvalue weighted by molar-refractivity contribution is -0.116. The molecule has 2 atom stereocenters. The minimum atomic E-state index is -0.455. The molecule has 0 aromatic heterocycles. The smallest absolute Gasteiger partial charge is 0.200 e. The number of carbonyl (C=O) groups excluding carboxylic acids is 1. The van der Waals surface area contributed by atoms with E-state index in [0.717, 1.165) is 33.9 Å². The predicted octanol–water partition coefficient (Wildman–Crippen LogP) is 5.40. The molecule has 35 heavy (non-hydrogen) atoms. The molecule has 0 saturated heterocycles. The van der Waals surface area contributed by atoms with Gasteiger partial charge >= 0.3 is 0 Å². The second kappa shape index (κ2) is 9.25. The molecule has 0 spiro atoms. The molecule has 0 amide bonds. The number of phenols is 1. The minimum Gasteiger partial charge on any atom is -0.502 e. The largest absolute Gasteiger partial charge is 0.502 e. The van der Waals surface area contributed by atoms with Crippen molar-refractivity contribution in [3.05, 3.63) is 83.1 Å². The Kier molecular flexibility index (Phi) is 5.99. The molecule has 0 bridgehead atoms. The van der Waals surface area contributed by atoms with Crippen molar-refractivity contribution in [2.75, 3.05) is 32.0 Å². The van der Waals surface area contributed by atoms with Gasteiger partial charge in [-0.15, -0.1) is 0 Å². The first-order valence-corrected chi connectivity index (χ1v) is 11.5. The number of fused-ring (bicyclic) bond motifs is 1. The van der Waals surface area contributed by atoms with Crippen LogP contribution in [-0.2, 0) is 4.79 Å². The summed E-state index contributed by atoms with van der Waals surface area (Å²) in [5.41, 5.74) is 5.16. The zero-order chi connectivity index (χ0) is 24.5. The van der Waals surface area contributed by atoms with Crippen molar-refractivity contribution in [3.63, 3.8) is 0 Å². The minimum absolute atomic E-state index is 0.0265. The van der Waals surface area contributed by atoms with Crippen LogP contribution in [0, 0.1) is 0 Å².